The number of carbonyl (C=O) groups is 1. The first-order valence-corrected chi connectivity index (χ1v) is 5.80. The first kappa shape index (κ1) is 15.3. The molecule has 0 aliphatic carbocycles. The number of hydrogen-bond donors (Lipinski definition) is 3. The molecule has 0 spiro atoms. The van der Waals surface area contributed by atoms with Crippen LogP contribution in [-0.2, 0) is 19.0 Å². The molecule has 6 atom stereocenters. The predicted octanol–water partition coefficient (Wildman–Crippen LogP) is -1.38. The number of hydrogen-bond acceptors (Lipinski definition) is 6. The number of methoxy groups -OCH3 is 2. The highest BCUT2D eigenvalue weighted by molar-refractivity contribution is 5.80. The van der Waals surface area contributed by atoms with Crippen LogP contribution < -0.4 is 5.32 Å². The van der Waals surface area contributed by atoms with E-state index in [9.17, 15) is 9.90 Å². The molecular weight excluding hydrogens is 242 g/mol. The molecule has 7 nitrogen and oxygen atoms in total. The van der Waals surface area contributed by atoms with Crippen molar-refractivity contribution in [3.05, 3.63) is 0 Å². The second-order valence-corrected chi connectivity index (χ2v) is 4.35. The molecule has 0 bridgehead atoms. The molecule has 1 rings (SSSR count). The molecule has 1 fully saturated rings. The van der Waals surface area contributed by atoms with Crippen LogP contribution in [0.4, 0.5) is 0 Å². The van der Waals surface area contributed by atoms with Crippen LogP contribution in [0, 0.1) is 0 Å². The van der Waals surface area contributed by atoms with Crippen molar-refractivity contribution in [2.45, 2.75) is 50.6 Å². The third-order valence-corrected chi connectivity index (χ3v) is 3.02. The topological polar surface area (TPSA) is 97.3 Å². The fourth-order valence-electron chi connectivity index (χ4n) is 1.94. The molecule has 106 valence electrons. The van der Waals surface area contributed by atoms with Crippen LogP contribution in [0.25, 0.3) is 0 Å². The van der Waals surface area contributed by atoms with Gasteiger partial charge in [0.15, 0.2) is 6.29 Å². The van der Waals surface area contributed by atoms with E-state index in [0.717, 1.165) is 0 Å². The molecule has 3 N–H and O–H groups in total. The van der Waals surface area contributed by atoms with Gasteiger partial charge in [-0.25, -0.2) is 0 Å². The summed E-state index contributed by atoms with van der Waals surface area (Å²) >= 11 is 0. The van der Waals surface area contributed by atoms with Crippen molar-refractivity contribution >= 4 is 5.91 Å². The minimum atomic E-state index is -1.15. The second-order valence-electron chi connectivity index (χ2n) is 4.35. The van der Waals surface area contributed by atoms with E-state index in [2.05, 4.69) is 5.32 Å². The van der Waals surface area contributed by atoms with Gasteiger partial charge in [-0.3, -0.25) is 4.79 Å². The third kappa shape index (κ3) is 3.18. The molecule has 1 aliphatic heterocycles. The summed E-state index contributed by atoms with van der Waals surface area (Å²) in [7, 11) is 2.87. The van der Waals surface area contributed by atoms with Crippen molar-refractivity contribution in [1.82, 2.24) is 5.32 Å². The fourth-order valence-corrected chi connectivity index (χ4v) is 1.94. The normalized spacial score (nSPS) is 38.2. The highest BCUT2D eigenvalue weighted by Crippen LogP contribution is 2.23. The summed E-state index contributed by atoms with van der Waals surface area (Å²) in [5.74, 6) is -0.569. The summed E-state index contributed by atoms with van der Waals surface area (Å²) in [4.78, 5) is 11.4. The Hall–Kier alpha value is -0.730. The largest absolute Gasteiger partial charge is 0.388 e. The lowest BCUT2D eigenvalue weighted by Gasteiger charge is -2.42. The average Bonchev–Trinajstić information content (AvgIpc) is 2.33. The Balaban J connectivity index is 2.76. The zero-order valence-corrected chi connectivity index (χ0v) is 11.0. The molecule has 1 heterocycles. The Morgan fingerprint density at radius 1 is 1.39 bits per heavy atom. The van der Waals surface area contributed by atoms with E-state index in [4.69, 9.17) is 19.3 Å². The highest BCUT2D eigenvalue weighted by Gasteiger charge is 2.44. The monoisotopic (exact) mass is 263 g/mol. The molecule has 1 saturated heterocycles. The van der Waals surface area contributed by atoms with Crippen molar-refractivity contribution in [3.63, 3.8) is 0 Å². The maximum absolute atomic E-state index is 11.4. The van der Waals surface area contributed by atoms with Crippen LogP contribution in [-0.4, -0.2) is 67.1 Å². The molecule has 0 aromatic carbocycles. The molecule has 0 radical (unpaired) electrons. The predicted molar refractivity (Wildman–Crippen MR) is 61.8 cm³/mol. The molecule has 1 aliphatic rings. The number of ether oxygens (including phenoxy) is 3. The second kappa shape index (κ2) is 6.44. The average molecular weight is 263 g/mol. The smallest absolute Gasteiger partial charge is 0.248 e. The van der Waals surface area contributed by atoms with Crippen LogP contribution in [0.5, 0.6) is 0 Å². The zero-order chi connectivity index (χ0) is 13.9. The first-order valence-electron chi connectivity index (χ1n) is 5.80. The standard InChI is InChI=1S/C11H21NO6/c1-5(13)10(15)12-7-6(2)18-11(17-4)9(16-3)8(7)14/h5-9,11,13-14H,1-4H3,(H,12,15). The number of carbonyl (C=O) groups excluding carboxylic acids is 1. The van der Waals surface area contributed by atoms with Gasteiger partial charge in [0.2, 0.25) is 5.91 Å². The van der Waals surface area contributed by atoms with E-state index in [1.165, 1.54) is 21.1 Å². The van der Waals surface area contributed by atoms with Gasteiger partial charge in [-0.1, -0.05) is 0 Å². The van der Waals surface area contributed by atoms with Crippen LogP contribution in [0.3, 0.4) is 0 Å². The summed E-state index contributed by atoms with van der Waals surface area (Å²) in [6.07, 6.45) is -3.99. The van der Waals surface area contributed by atoms with Crippen molar-refractivity contribution in [2.24, 2.45) is 0 Å². The number of aliphatic hydroxyl groups is 2. The van der Waals surface area contributed by atoms with Crippen LogP contribution in [0.2, 0.25) is 0 Å². The molecular formula is C11H21NO6. The summed E-state index contributed by atoms with van der Waals surface area (Å²) in [5, 5.41) is 21.8. The van der Waals surface area contributed by atoms with Crippen LogP contribution in [0.15, 0.2) is 0 Å². The van der Waals surface area contributed by atoms with Gasteiger partial charge >= 0.3 is 0 Å². The molecule has 18 heavy (non-hydrogen) atoms. The van der Waals surface area contributed by atoms with Gasteiger partial charge in [0, 0.05) is 14.2 Å². The first-order chi connectivity index (χ1) is 8.42. The lowest BCUT2D eigenvalue weighted by molar-refractivity contribution is -0.269. The van der Waals surface area contributed by atoms with Gasteiger partial charge in [0.05, 0.1) is 12.1 Å². The van der Waals surface area contributed by atoms with Crippen molar-refractivity contribution < 1.29 is 29.2 Å². The summed E-state index contributed by atoms with van der Waals surface area (Å²) in [5.41, 5.74) is 0. The van der Waals surface area contributed by atoms with Crippen molar-refractivity contribution in [2.75, 3.05) is 14.2 Å². The summed E-state index contributed by atoms with van der Waals surface area (Å²) in [6, 6.07) is -0.663. The van der Waals surface area contributed by atoms with Crippen molar-refractivity contribution in [1.29, 1.82) is 0 Å². The fraction of sp³-hybridized carbons (Fsp3) is 0.909. The molecule has 0 aromatic heterocycles. The maximum atomic E-state index is 11.4. The van der Waals surface area contributed by atoms with Gasteiger partial charge in [-0.2, -0.15) is 0 Å². The Labute approximate surface area is 106 Å². The van der Waals surface area contributed by atoms with Gasteiger partial charge in [0.25, 0.3) is 0 Å². The van der Waals surface area contributed by atoms with E-state index in [0.29, 0.717) is 0 Å². The van der Waals surface area contributed by atoms with E-state index in [-0.39, 0.29) is 0 Å². The molecule has 6 unspecified atom stereocenters. The zero-order valence-electron chi connectivity index (χ0n) is 11.0. The molecule has 0 aromatic rings. The summed E-state index contributed by atoms with van der Waals surface area (Å²) < 4.78 is 15.7. The maximum Gasteiger partial charge on any atom is 0.248 e. The van der Waals surface area contributed by atoms with Crippen LogP contribution >= 0.6 is 0 Å². The van der Waals surface area contributed by atoms with Crippen molar-refractivity contribution in [3.8, 4) is 0 Å². The lowest BCUT2D eigenvalue weighted by atomic mass is 9.96. The van der Waals surface area contributed by atoms with E-state index >= 15 is 0 Å². The number of amides is 1. The lowest BCUT2D eigenvalue weighted by Crippen LogP contribution is -2.64. The van der Waals surface area contributed by atoms with Gasteiger partial charge in [0.1, 0.15) is 18.3 Å². The Bertz CT molecular complexity index is 285. The highest BCUT2D eigenvalue weighted by atomic mass is 16.7. The summed E-state index contributed by atoms with van der Waals surface area (Å²) in [6.45, 7) is 3.05. The minimum absolute atomic E-state index is 0.459. The Kier molecular flexibility index (Phi) is 5.48. The molecule has 7 heteroatoms. The van der Waals surface area contributed by atoms with E-state index in [1.807, 2.05) is 0 Å². The molecule has 1 amide bonds. The Morgan fingerprint density at radius 2 is 2.00 bits per heavy atom. The van der Waals surface area contributed by atoms with E-state index in [1.54, 1.807) is 6.92 Å². The van der Waals surface area contributed by atoms with Crippen LogP contribution in [0.1, 0.15) is 13.8 Å². The third-order valence-electron chi connectivity index (χ3n) is 3.02. The van der Waals surface area contributed by atoms with Gasteiger partial charge in [-0.15, -0.1) is 0 Å². The van der Waals surface area contributed by atoms with Gasteiger partial charge < -0.3 is 29.7 Å². The minimum Gasteiger partial charge on any atom is -0.388 e. The molecule has 0 saturated carbocycles. The SMILES string of the molecule is COC1OC(C)C(NC(=O)C(C)O)C(O)C1OC. The van der Waals surface area contributed by atoms with Gasteiger partial charge in [-0.05, 0) is 13.8 Å². The number of aliphatic hydroxyl groups excluding tert-OH is 2. The Morgan fingerprint density at radius 3 is 2.44 bits per heavy atom. The number of rotatable bonds is 4. The number of nitrogens with one attached hydrogen (secondary N) is 1. The quantitative estimate of drug-likeness (QED) is 0.578. The van der Waals surface area contributed by atoms with E-state index < -0.39 is 42.7 Å².